The number of hydrogen-bond acceptors (Lipinski definition) is 23. The van der Waals surface area contributed by atoms with Gasteiger partial charge in [-0.1, -0.05) is 0 Å². The van der Waals surface area contributed by atoms with Crippen LogP contribution in [-0.2, 0) is 41.0 Å². The number of fused-ring (bicyclic) bond motifs is 3. The van der Waals surface area contributed by atoms with E-state index in [0.717, 1.165) is 6.07 Å². The molecule has 3 aromatic carbocycles. The molecule has 16 N–H and O–H groups in total. The molecule has 31 heteroatoms. The van der Waals surface area contributed by atoms with Crippen molar-refractivity contribution in [2.45, 2.75) is 35.5 Å². The molecule has 0 spiro atoms. The third kappa shape index (κ3) is 14.5. The van der Waals surface area contributed by atoms with E-state index < -0.39 is 72.4 Å². The SMILES string of the molecule is C/C(O)=C(/N=Nc1ccc(S(O)(O)O)c2cccnc12)C(N)=O.CC(O)=C(N=Nc1ccc(S(=O)(=O)O)c2cccnc12)C(N)=O.CC(O)=C(N=Nc1ccc(S(O)(O)O)c2cccnc12)C(N)=O.[Ni]. The molecule has 374 valence electrons. The summed E-state index contributed by atoms with van der Waals surface area (Å²) >= 11 is 0. The van der Waals surface area contributed by atoms with Gasteiger partial charge in [0.25, 0.3) is 27.8 Å². The molecule has 27 nitrogen and oxygen atoms in total. The largest absolute Gasteiger partial charge is 0.510 e. The summed E-state index contributed by atoms with van der Waals surface area (Å²) in [5.41, 5.74) is 15.0. The summed E-state index contributed by atoms with van der Waals surface area (Å²) in [5.74, 6) is -4.06. The first-order valence-electron chi connectivity index (χ1n) is 18.6. The summed E-state index contributed by atoms with van der Waals surface area (Å²) in [7, 11) is -12.3. The third-order valence-corrected chi connectivity index (χ3v) is 11.3. The summed E-state index contributed by atoms with van der Waals surface area (Å²) in [5, 5.41) is 50.8. The van der Waals surface area contributed by atoms with Crippen molar-refractivity contribution >= 4 is 99.4 Å². The van der Waals surface area contributed by atoms with Crippen molar-refractivity contribution in [2.24, 2.45) is 47.9 Å². The number of aromatic nitrogens is 3. The fourth-order valence-electron chi connectivity index (χ4n) is 5.55. The van der Waals surface area contributed by atoms with Crippen LogP contribution in [0.2, 0.25) is 0 Å². The number of pyridine rings is 3. The molecule has 0 fully saturated rings. The molecule has 3 amide bonds. The van der Waals surface area contributed by atoms with Gasteiger partial charge >= 0.3 is 0 Å². The summed E-state index contributed by atoms with van der Waals surface area (Å²) < 4.78 is 88.7. The van der Waals surface area contributed by atoms with Crippen LogP contribution in [0, 0.1) is 0 Å². The Morgan fingerprint density at radius 3 is 0.943 bits per heavy atom. The summed E-state index contributed by atoms with van der Waals surface area (Å²) in [6, 6.07) is 16.6. The number of benzene rings is 3. The van der Waals surface area contributed by atoms with E-state index in [9.17, 15) is 70.0 Å². The topological polar surface area (TPSA) is 479 Å². The molecule has 3 aromatic heterocycles. The van der Waals surface area contributed by atoms with Gasteiger partial charge in [-0.15, -0.1) is 30.7 Å². The number of azo groups is 3. The number of rotatable bonds is 12. The van der Waals surface area contributed by atoms with E-state index in [2.05, 4.69) is 45.6 Å². The number of allylic oxidation sites excluding steroid dienone is 3. The van der Waals surface area contributed by atoms with Gasteiger partial charge in [-0.2, -0.15) is 8.42 Å². The quantitative estimate of drug-likeness (QED) is 0.0180. The molecule has 6 rings (SSSR count). The second-order valence-electron chi connectivity index (χ2n) is 13.5. The smallest absolute Gasteiger partial charge is 0.295 e. The fraction of sp³-hybridized carbons (Fsp3) is 0.0769. The number of aliphatic hydroxyl groups excluding tert-OH is 3. The first-order valence-corrected chi connectivity index (χ1v) is 23.1. The van der Waals surface area contributed by atoms with E-state index in [1.54, 1.807) is 12.1 Å². The molecule has 70 heavy (non-hydrogen) atoms. The number of nitrogens with zero attached hydrogens (tertiary/aromatic N) is 9. The Labute approximate surface area is 408 Å². The van der Waals surface area contributed by atoms with Gasteiger partial charge in [0, 0.05) is 51.2 Å². The average molecular weight is 1070 g/mol. The van der Waals surface area contributed by atoms with Gasteiger partial charge in [0.15, 0.2) is 17.1 Å². The van der Waals surface area contributed by atoms with E-state index in [4.69, 9.17) is 17.2 Å². The molecule has 0 aliphatic heterocycles. The van der Waals surface area contributed by atoms with Crippen molar-refractivity contribution < 1.29 is 86.5 Å². The van der Waals surface area contributed by atoms with E-state index in [1.807, 2.05) is 0 Å². The van der Waals surface area contributed by atoms with Gasteiger partial charge in [-0.3, -0.25) is 33.9 Å². The van der Waals surface area contributed by atoms with Crippen LogP contribution in [0.25, 0.3) is 32.7 Å². The van der Waals surface area contributed by atoms with Crippen LogP contribution in [0.15, 0.2) is 171 Å². The molecule has 6 aromatic rings. The molecule has 0 atom stereocenters. The maximum absolute atomic E-state index is 11.4. The van der Waals surface area contributed by atoms with Crippen molar-refractivity contribution in [1.82, 2.24) is 15.0 Å². The van der Waals surface area contributed by atoms with Crippen LogP contribution in [0.1, 0.15) is 20.8 Å². The molecular formula is C39H40N12NiO15S3. The monoisotopic (exact) mass is 1070 g/mol. The first kappa shape index (κ1) is 56.9. The minimum absolute atomic E-state index is 0. The van der Waals surface area contributed by atoms with E-state index >= 15 is 0 Å². The third-order valence-electron chi connectivity index (χ3n) is 8.49. The predicted octanol–water partition coefficient (Wildman–Crippen LogP) is 8.19. The second-order valence-corrected chi connectivity index (χ2v) is 17.8. The zero-order chi connectivity index (χ0) is 51.6. The Kier molecular flexibility index (Phi) is 19.3. The standard InChI is InChI=1S/2C13H14N4O5S.C13H12N4O5S.Ni/c3*1-7(18)11(13(14)19)17-16-9-4-5-10(23(20,21)22)8-3-2-6-15-12(8)9;/h2*2-6,18,20-22H,1H3,(H2,14,19);2-6,18H,1H3,(H2,14,19)(H,20,21,22);/b11-7-,17-16?;;;. The number of primary amides is 3. The minimum atomic E-state index is -4.44. The van der Waals surface area contributed by atoms with Crippen LogP contribution in [-0.4, -0.2) is 88.3 Å². The van der Waals surface area contributed by atoms with E-state index in [1.165, 1.54) is 94.0 Å². The van der Waals surface area contributed by atoms with Crippen LogP contribution < -0.4 is 17.2 Å². The molecule has 0 bridgehead atoms. The molecule has 3 heterocycles. The Hall–Kier alpha value is -7.42. The summed E-state index contributed by atoms with van der Waals surface area (Å²) in [6.07, 6.45) is 4.28. The normalized spacial score (nSPS) is 13.6. The van der Waals surface area contributed by atoms with Crippen LogP contribution in [0.5, 0.6) is 0 Å². The van der Waals surface area contributed by atoms with Crippen molar-refractivity contribution in [3.05, 3.63) is 126 Å². The van der Waals surface area contributed by atoms with Gasteiger partial charge in [0.1, 0.15) is 61.0 Å². The molecule has 0 saturated heterocycles. The van der Waals surface area contributed by atoms with Gasteiger partial charge < -0.3 is 59.8 Å². The average Bonchev–Trinajstić information content (AvgIpc) is 3.25. The fourth-order valence-corrected chi connectivity index (χ4v) is 7.65. The maximum Gasteiger partial charge on any atom is 0.295 e. The zero-order valence-corrected chi connectivity index (χ0v) is 39.4. The minimum Gasteiger partial charge on any atom is -0.510 e. The first-order chi connectivity index (χ1) is 32.1. The number of hydrogen-bond donors (Lipinski definition) is 13. The van der Waals surface area contributed by atoms with Gasteiger partial charge in [0.05, 0.1) is 26.3 Å². The van der Waals surface area contributed by atoms with Gasteiger partial charge in [-0.05, 0) is 93.6 Å². The summed E-state index contributed by atoms with van der Waals surface area (Å²) in [6.45, 7) is 3.69. The van der Waals surface area contributed by atoms with Crippen LogP contribution >= 0.6 is 21.7 Å². The molecule has 0 saturated carbocycles. The van der Waals surface area contributed by atoms with Crippen molar-refractivity contribution in [3.63, 3.8) is 0 Å². The maximum atomic E-state index is 11.4. The van der Waals surface area contributed by atoms with Crippen LogP contribution in [0.3, 0.4) is 0 Å². The number of aliphatic hydroxyl groups is 3. The summed E-state index contributed by atoms with van der Waals surface area (Å²) in [4.78, 5) is 45.0. The van der Waals surface area contributed by atoms with Gasteiger partial charge in [-0.25, -0.2) is 0 Å². The Bertz CT molecular complexity index is 3150. The van der Waals surface area contributed by atoms with E-state index in [0.29, 0.717) is 0 Å². The zero-order valence-electron chi connectivity index (χ0n) is 36.0. The molecule has 0 radical (unpaired) electrons. The number of amides is 3. The van der Waals surface area contributed by atoms with Crippen molar-refractivity contribution in [2.75, 3.05) is 0 Å². The predicted molar refractivity (Wildman–Crippen MR) is 250 cm³/mol. The van der Waals surface area contributed by atoms with Crippen molar-refractivity contribution in [1.29, 1.82) is 0 Å². The van der Waals surface area contributed by atoms with E-state index in [-0.39, 0.29) is 92.5 Å². The Morgan fingerprint density at radius 2 is 0.714 bits per heavy atom. The molecular weight excluding hydrogens is 1030 g/mol. The van der Waals surface area contributed by atoms with Gasteiger partial charge in [0.2, 0.25) is 0 Å². The number of nitrogens with two attached hydrogens (primary N) is 3. The molecule has 0 unspecified atom stereocenters. The number of carbonyl (C=O) groups excluding carboxylic acids is 3. The Balaban J connectivity index is 0.000000276. The Morgan fingerprint density at radius 1 is 0.457 bits per heavy atom. The molecule has 0 aliphatic carbocycles. The molecule has 0 aliphatic rings. The van der Waals surface area contributed by atoms with Crippen molar-refractivity contribution in [3.8, 4) is 0 Å². The number of carbonyl (C=O) groups is 3. The second kappa shape index (κ2) is 23.7. The van der Waals surface area contributed by atoms with Crippen LogP contribution in [0.4, 0.5) is 17.1 Å².